The maximum absolute atomic E-state index is 12.1. The normalized spacial score (nSPS) is 16.1. The fourth-order valence-electron chi connectivity index (χ4n) is 2.95. The number of furan rings is 1. The van der Waals surface area contributed by atoms with Crippen LogP contribution in [0.4, 0.5) is 0 Å². The van der Waals surface area contributed by atoms with E-state index in [1.165, 1.54) is 5.56 Å². The average molecular weight is 317 g/mol. The first-order chi connectivity index (χ1) is 11.3. The predicted octanol–water partition coefficient (Wildman–Crippen LogP) is 2.63. The zero-order valence-corrected chi connectivity index (χ0v) is 13.5. The summed E-state index contributed by atoms with van der Waals surface area (Å²) in [6.45, 7) is 2.23. The van der Waals surface area contributed by atoms with Gasteiger partial charge in [0.1, 0.15) is 12.2 Å². The highest BCUT2D eigenvalue weighted by Gasteiger charge is 2.22. The Bertz CT molecular complexity index is 643. The lowest BCUT2D eigenvalue weighted by atomic mass is 10.1. The Labute approximate surface area is 136 Å². The first-order valence-corrected chi connectivity index (χ1v) is 8.10. The minimum absolute atomic E-state index is 0.0739. The van der Waals surface area contributed by atoms with Gasteiger partial charge in [-0.25, -0.2) is 0 Å². The van der Waals surface area contributed by atoms with E-state index in [1.807, 2.05) is 23.1 Å². The third-order valence-electron chi connectivity index (χ3n) is 4.41. The van der Waals surface area contributed by atoms with Crippen molar-refractivity contribution in [3.8, 4) is 0 Å². The van der Waals surface area contributed by atoms with Crippen molar-refractivity contribution >= 4 is 16.9 Å². The topological polar surface area (TPSA) is 51.9 Å². The van der Waals surface area contributed by atoms with Crippen LogP contribution in [0.25, 0.3) is 11.0 Å². The first kappa shape index (κ1) is 16.0. The summed E-state index contributed by atoms with van der Waals surface area (Å²) in [5, 5.41) is 1.10. The quantitative estimate of drug-likeness (QED) is 0.769. The van der Waals surface area contributed by atoms with Crippen LogP contribution in [0.1, 0.15) is 18.4 Å². The highest BCUT2D eigenvalue weighted by molar-refractivity contribution is 5.78. The zero-order chi connectivity index (χ0) is 16.1. The van der Waals surface area contributed by atoms with Gasteiger partial charge < -0.3 is 18.8 Å². The van der Waals surface area contributed by atoms with Crippen LogP contribution in [-0.4, -0.2) is 50.3 Å². The van der Waals surface area contributed by atoms with Crippen molar-refractivity contribution in [2.45, 2.75) is 25.4 Å². The van der Waals surface area contributed by atoms with Gasteiger partial charge in [0.2, 0.25) is 5.91 Å². The molecule has 124 valence electrons. The van der Waals surface area contributed by atoms with Crippen LogP contribution in [0, 0.1) is 0 Å². The molecule has 0 bridgehead atoms. The standard InChI is InChI=1S/C18H23NO4/c1-21-16-4-8-19(9-5-16)18(20)13-22-10-6-14-2-3-17-15(12-14)7-11-23-17/h2-3,7,11-12,16H,4-6,8-10,13H2,1H3. The molecule has 1 aromatic carbocycles. The van der Waals surface area contributed by atoms with E-state index in [9.17, 15) is 4.79 Å². The van der Waals surface area contributed by atoms with Gasteiger partial charge in [-0.2, -0.15) is 0 Å². The Hall–Kier alpha value is -1.85. The third kappa shape index (κ3) is 4.12. The van der Waals surface area contributed by atoms with Gasteiger partial charge in [-0.05, 0) is 43.0 Å². The van der Waals surface area contributed by atoms with Gasteiger partial charge in [-0.1, -0.05) is 6.07 Å². The molecule has 1 saturated heterocycles. The molecule has 1 fully saturated rings. The fraction of sp³-hybridized carbons (Fsp3) is 0.500. The number of nitrogens with zero attached hydrogens (tertiary/aromatic N) is 1. The molecule has 1 aliphatic heterocycles. The second-order valence-electron chi connectivity index (χ2n) is 5.91. The number of fused-ring (bicyclic) bond motifs is 1. The van der Waals surface area contributed by atoms with Crippen LogP contribution in [0.3, 0.4) is 0 Å². The molecular weight excluding hydrogens is 294 g/mol. The van der Waals surface area contributed by atoms with Crippen molar-refractivity contribution in [2.24, 2.45) is 0 Å². The first-order valence-electron chi connectivity index (χ1n) is 8.10. The molecule has 2 heterocycles. The molecule has 0 spiro atoms. The molecule has 0 radical (unpaired) electrons. The SMILES string of the molecule is COC1CCN(C(=O)COCCc2ccc3occc3c2)CC1. The molecule has 0 aliphatic carbocycles. The summed E-state index contributed by atoms with van der Waals surface area (Å²) >= 11 is 0. The van der Waals surface area contributed by atoms with Crippen molar-refractivity contribution in [2.75, 3.05) is 33.4 Å². The molecule has 0 N–H and O–H groups in total. The lowest BCUT2D eigenvalue weighted by Crippen LogP contribution is -2.42. The van der Waals surface area contributed by atoms with Gasteiger partial charge in [0.15, 0.2) is 0 Å². The Morgan fingerprint density at radius 1 is 1.30 bits per heavy atom. The summed E-state index contributed by atoms with van der Waals surface area (Å²) in [5.41, 5.74) is 2.08. The molecule has 2 aromatic rings. The van der Waals surface area contributed by atoms with Gasteiger partial charge in [0.25, 0.3) is 0 Å². The van der Waals surface area contributed by atoms with Crippen molar-refractivity contribution in [1.82, 2.24) is 4.90 Å². The molecule has 23 heavy (non-hydrogen) atoms. The summed E-state index contributed by atoms with van der Waals surface area (Å²) in [6.07, 6.45) is 4.59. The van der Waals surface area contributed by atoms with Gasteiger partial charge in [0, 0.05) is 25.6 Å². The highest BCUT2D eigenvalue weighted by atomic mass is 16.5. The number of amides is 1. The molecule has 5 nitrogen and oxygen atoms in total. The monoisotopic (exact) mass is 317 g/mol. The molecule has 0 atom stereocenters. The van der Waals surface area contributed by atoms with Crippen molar-refractivity contribution in [3.05, 3.63) is 36.1 Å². The molecule has 1 amide bonds. The van der Waals surface area contributed by atoms with Crippen molar-refractivity contribution in [3.63, 3.8) is 0 Å². The van der Waals surface area contributed by atoms with Crippen LogP contribution < -0.4 is 0 Å². The minimum atomic E-state index is 0.0739. The molecule has 5 heteroatoms. The van der Waals surface area contributed by atoms with E-state index < -0.39 is 0 Å². The maximum atomic E-state index is 12.1. The second kappa shape index (κ2) is 7.62. The average Bonchev–Trinajstić information content (AvgIpc) is 3.06. The molecule has 0 saturated carbocycles. The number of hydrogen-bond acceptors (Lipinski definition) is 4. The number of hydrogen-bond donors (Lipinski definition) is 0. The third-order valence-corrected chi connectivity index (χ3v) is 4.41. The number of ether oxygens (including phenoxy) is 2. The molecule has 1 aliphatic rings. The van der Waals surface area contributed by atoms with Gasteiger partial charge in [0.05, 0.1) is 19.0 Å². The van der Waals surface area contributed by atoms with E-state index in [0.29, 0.717) is 6.61 Å². The summed E-state index contributed by atoms with van der Waals surface area (Å²) in [5.74, 6) is 0.0739. The largest absolute Gasteiger partial charge is 0.464 e. The summed E-state index contributed by atoms with van der Waals surface area (Å²) in [4.78, 5) is 14.0. The lowest BCUT2D eigenvalue weighted by molar-refractivity contribution is -0.138. The Balaban J connectivity index is 1.38. The van der Waals surface area contributed by atoms with Crippen molar-refractivity contribution < 1.29 is 18.7 Å². The predicted molar refractivity (Wildman–Crippen MR) is 87.3 cm³/mol. The number of piperidine rings is 1. The second-order valence-corrected chi connectivity index (χ2v) is 5.91. The van der Waals surface area contributed by atoms with E-state index in [-0.39, 0.29) is 18.6 Å². The van der Waals surface area contributed by atoms with Crippen molar-refractivity contribution in [1.29, 1.82) is 0 Å². The Morgan fingerprint density at radius 3 is 2.91 bits per heavy atom. The molecule has 3 rings (SSSR count). The number of methoxy groups -OCH3 is 1. The number of carbonyl (C=O) groups is 1. The molecular formula is C18H23NO4. The van der Waals surface area contributed by atoms with Crippen LogP contribution in [0.5, 0.6) is 0 Å². The van der Waals surface area contributed by atoms with Gasteiger partial charge in [-0.15, -0.1) is 0 Å². The van der Waals surface area contributed by atoms with Crippen LogP contribution in [0.15, 0.2) is 34.9 Å². The summed E-state index contributed by atoms with van der Waals surface area (Å²) < 4.78 is 16.2. The summed E-state index contributed by atoms with van der Waals surface area (Å²) in [6, 6.07) is 8.05. The van der Waals surface area contributed by atoms with E-state index in [1.54, 1.807) is 13.4 Å². The molecule has 0 unspecified atom stereocenters. The van der Waals surface area contributed by atoms with Crippen LogP contribution >= 0.6 is 0 Å². The Morgan fingerprint density at radius 2 is 2.13 bits per heavy atom. The van der Waals surface area contributed by atoms with Crippen LogP contribution in [-0.2, 0) is 20.7 Å². The Kier molecular flexibility index (Phi) is 5.31. The van der Waals surface area contributed by atoms with Crippen LogP contribution in [0.2, 0.25) is 0 Å². The maximum Gasteiger partial charge on any atom is 0.248 e. The fourth-order valence-corrected chi connectivity index (χ4v) is 2.95. The smallest absolute Gasteiger partial charge is 0.248 e. The van der Waals surface area contributed by atoms with E-state index in [2.05, 4.69) is 6.07 Å². The number of carbonyl (C=O) groups excluding carboxylic acids is 1. The minimum Gasteiger partial charge on any atom is -0.464 e. The molecule has 1 aromatic heterocycles. The number of benzene rings is 1. The highest BCUT2D eigenvalue weighted by Crippen LogP contribution is 2.17. The van der Waals surface area contributed by atoms with Gasteiger partial charge >= 0.3 is 0 Å². The number of rotatable bonds is 6. The van der Waals surface area contributed by atoms with Gasteiger partial charge in [-0.3, -0.25) is 4.79 Å². The van der Waals surface area contributed by atoms with E-state index in [0.717, 1.165) is 43.3 Å². The lowest BCUT2D eigenvalue weighted by Gasteiger charge is -2.31. The van der Waals surface area contributed by atoms with E-state index >= 15 is 0 Å². The van der Waals surface area contributed by atoms with E-state index in [4.69, 9.17) is 13.9 Å². The zero-order valence-electron chi connectivity index (χ0n) is 13.5. The summed E-state index contributed by atoms with van der Waals surface area (Å²) in [7, 11) is 1.73. The number of likely N-dealkylation sites (tertiary alicyclic amines) is 1.